The van der Waals surface area contributed by atoms with Gasteiger partial charge in [0.2, 0.25) is 5.91 Å². The number of carbonyl (C=O) groups excluding carboxylic acids is 1. The highest BCUT2D eigenvalue weighted by Gasteiger charge is 2.62. The Morgan fingerprint density at radius 2 is 1.70 bits per heavy atom. The van der Waals surface area contributed by atoms with E-state index in [-0.39, 0.29) is 17.9 Å². The molecule has 0 aromatic heterocycles. The van der Waals surface area contributed by atoms with Gasteiger partial charge in [-0.3, -0.25) is 4.79 Å². The molecule has 114 valence electrons. The third-order valence-electron chi connectivity index (χ3n) is 5.96. The van der Waals surface area contributed by atoms with Crippen molar-refractivity contribution in [3.8, 4) is 0 Å². The second kappa shape index (κ2) is 4.00. The van der Waals surface area contributed by atoms with E-state index in [2.05, 4.69) is 19.2 Å². The van der Waals surface area contributed by atoms with Crippen LogP contribution in [0, 0.1) is 22.2 Å². The molecule has 0 aliphatic heterocycles. The molecule has 0 heterocycles. The molecule has 2 unspecified atom stereocenters. The van der Waals surface area contributed by atoms with Crippen molar-refractivity contribution in [1.29, 1.82) is 0 Å². The highest BCUT2D eigenvalue weighted by molar-refractivity contribution is 5.84. The number of aliphatic hydroxyl groups excluding tert-OH is 1. The molecule has 4 rings (SSSR count). The Labute approximate surface area is 122 Å². The van der Waals surface area contributed by atoms with Crippen molar-refractivity contribution in [3.05, 3.63) is 0 Å². The Morgan fingerprint density at radius 1 is 1.15 bits per heavy atom. The summed E-state index contributed by atoms with van der Waals surface area (Å²) in [6, 6.07) is 0. The molecule has 1 amide bonds. The molecule has 0 aromatic rings. The maximum absolute atomic E-state index is 12.9. The van der Waals surface area contributed by atoms with Gasteiger partial charge in [0.05, 0.1) is 17.6 Å². The van der Waals surface area contributed by atoms with Gasteiger partial charge in [-0.25, -0.2) is 0 Å². The summed E-state index contributed by atoms with van der Waals surface area (Å²) in [5, 5.41) is 12.5. The monoisotopic (exact) mass is 279 g/mol. The van der Waals surface area contributed by atoms with E-state index < -0.39 is 5.54 Å². The van der Waals surface area contributed by atoms with E-state index >= 15 is 0 Å². The summed E-state index contributed by atoms with van der Waals surface area (Å²) in [4.78, 5) is 12.9. The molecule has 4 fully saturated rings. The van der Waals surface area contributed by atoms with Gasteiger partial charge >= 0.3 is 0 Å². The van der Waals surface area contributed by atoms with Crippen molar-refractivity contribution < 1.29 is 9.90 Å². The molecular formula is C17H29NO2. The zero-order valence-corrected chi connectivity index (χ0v) is 13.4. The minimum absolute atomic E-state index is 0.00716. The normalized spacial score (nSPS) is 46.5. The fraction of sp³-hybridized carbons (Fsp3) is 0.941. The fourth-order valence-corrected chi connectivity index (χ4v) is 6.18. The van der Waals surface area contributed by atoms with Crippen LogP contribution in [0.25, 0.3) is 0 Å². The van der Waals surface area contributed by atoms with Crippen molar-refractivity contribution in [2.24, 2.45) is 22.2 Å². The molecule has 4 atom stereocenters. The Balaban J connectivity index is 1.87. The number of carbonyl (C=O) groups is 1. The van der Waals surface area contributed by atoms with Crippen molar-refractivity contribution in [2.75, 3.05) is 6.61 Å². The summed E-state index contributed by atoms with van der Waals surface area (Å²) < 4.78 is 0. The molecule has 4 aliphatic rings. The first-order valence-corrected chi connectivity index (χ1v) is 8.03. The predicted molar refractivity (Wildman–Crippen MR) is 79.1 cm³/mol. The van der Waals surface area contributed by atoms with Gasteiger partial charge in [0, 0.05) is 0 Å². The summed E-state index contributed by atoms with van der Waals surface area (Å²) >= 11 is 0. The molecule has 3 nitrogen and oxygen atoms in total. The number of amides is 1. The second-order valence-electron chi connectivity index (χ2n) is 9.41. The largest absolute Gasteiger partial charge is 0.394 e. The Kier molecular flexibility index (Phi) is 2.87. The van der Waals surface area contributed by atoms with E-state index in [1.165, 1.54) is 19.3 Å². The predicted octanol–water partition coefficient (Wildman–Crippen LogP) is 2.87. The average Bonchev–Trinajstić information content (AvgIpc) is 2.23. The molecule has 0 radical (unpaired) electrons. The van der Waals surface area contributed by atoms with Crippen molar-refractivity contribution in [3.63, 3.8) is 0 Å². The number of rotatable bonds is 3. The van der Waals surface area contributed by atoms with Gasteiger partial charge < -0.3 is 10.4 Å². The highest BCUT2D eigenvalue weighted by atomic mass is 16.3. The second-order valence-corrected chi connectivity index (χ2v) is 9.41. The fourth-order valence-electron chi connectivity index (χ4n) is 6.18. The summed E-state index contributed by atoms with van der Waals surface area (Å²) in [5.41, 5.74) is 0.0291. The first-order chi connectivity index (χ1) is 9.10. The smallest absolute Gasteiger partial charge is 0.226 e. The summed E-state index contributed by atoms with van der Waals surface area (Å²) in [6.07, 6.45) is 7.04. The van der Waals surface area contributed by atoms with Crippen molar-refractivity contribution in [2.45, 2.75) is 71.8 Å². The average molecular weight is 279 g/mol. The van der Waals surface area contributed by atoms with Crippen molar-refractivity contribution in [1.82, 2.24) is 5.32 Å². The first-order valence-electron chi connectivity index (χ1n) is 8.03. The Morgan fingerprint density at radius 3 is 2.15 bits per heavy atom. The number of aliphatic hydroxyl groups is 1. The van der Waals surface area contributed by atoms with E-state index in [0.717, 1.165) is 25.2 Å². The molecule has 0 saturated heterocycles. The van der Waals surface area contributed by atoms with E-state index in [4.69, 9.17) is 0 Å². The van der Waals surface area contributed by atoms with Gasteiger partial charge in [-0.2, -0.15) is 0 Å². The summed E-state index contributed by atoms with van der Waals surface area (Å²) in [6.45, 7) is 8.56. The van der Waals surface area contributed by atoms with Gasteiger partial charge in [0.25, 0.3) is 0 Å². The van der Waals surface area contributed by atoms with E-state index in [0.29, 0.717) is 10.8 Å². The van der Waals surface area contributed by atoms with Gasteiger partial charge in [0.1, 0.15) is 0 Å². The topological polar surface area (TPSA) is 49.3 Å². The van der Waals surface area contributed by atoms with Crippen LogP contribution in [0.3, 0.4) is 0 Å². The lowest BCUT2D eigenvalue weighted by molar-refractivity contribution is -0.171. The van der Waals surface area contributed by atoms with Crippen LogP contribution >= 0.6 is 0 Å². The molecule has 2 N–H and O–H groups in total. The molecule has 4 saturated carbocycles. The number of hydrogen-bond donors (Lipinski definition) is 2. The lowest BCUT2D eigenvalue weighted by atomic mass is 9.40. The van der Waals surface area contributed by atoms with Gasteiger partial charge in [0.15, 0.2) is 0 Å². The van der Waals surface area contributed by atoms with E-state index in [1.807, 2.05) is 13.8 Å². The highest BCUT2D eigenvalue weighted by Crippen LogP contribution is 2.69. The van der Waals surface area contributed by atoms with Gasteiger partial charge in [-0.1, -0.05) is 13.8 Å². The molecular weight excluding hydrogens is 250 g/mol. The quantitative estimate of drug-likeness (QED) is 0.834. The van der Waals surface area contributed by atoms with Crippen LogP contribution < -0.4 is 5.32 Å². The minimum Gasteiger partial charge on any atom is -0.394 e. The van der Waals surface area contributed by atoms with Crippen LogP contribution in [0.5, 0.6) is 0 Å². The molecule has 0 spiro atoms. The zero-order chi connectivity index (χ0) is 14.8. The number of nitrogens with one attached hydrogen (secondary N) is 1. The van der Waals surface area contributed by atoms with Crippen LogP contribution in [0.1, 0.15) is 66.2 Å². The maximum Gasteiger partial charge on any atom is 0.226 e. The van der Waals surface area contributed by atoms with Gasteiger partial charge in [-0.15, -0.1) is 0 Å². The maximum atomic E-state index is 12.9. The Bertz CT molecular complexity index is 424. The first kappa shape index (κ1) is 14.4. The lowest BCUT2D eigenvalue weighted by Crippen LogP contribution is -2.62. The third-order valence-corrected chi connectivity index (χ3v) is 5.96. The minimum atomic E-state index is -0.512. The standard InChI is InChI=1S/C17H29NO2/c1-14(2,11-19)18-13(20)17-7-12-5-15(3,9-17)8-16(4,6-12)10-17/h12,19H,5-11H2,1-4H3,(H,18,20)/t12?,15-,16+,17?. The van der Waals surface area contributed by atoms with Crippen LogP contribution in [-0.2, 0) is 4.79 Å². The van der Waals surface area contributed by atoms with Crippen LogP contribution in [0.4, 0.5) is 0 Å². The SMILES string of the molecule is CC(C)(CO)NC(=O)C12CC3C[C@@](C)(C1)C[C@](C)(C3)C2. The number of hydrogen-bond acceptors (Lipinski definition) is 2. The van der Waals surface area contributed by atoms with Gasteiger partial charge in [-0.05, 0) is 69.1 Å². The van der Waals surface area contributed by atoms with Crippen LogP contribution in [0.15, 0.2) is 0 Å². The lowest BCUT2D eigenvalue weighted by Gasteiger charge is -2.64. The van der Waals surface area contributed by atoms with E-state index in [1.54, 1.807) is 0 Å². The van der Waals surface area contributed by atoms with Crippen LogP contribution in [0.2, 0.25) is 0 Å². The molecule has 20 heavy (non-hydrogen) atoms. The van der Waals surface area contributed by atoms with Crippen LogP contribution in [-0.4, -0.2) is 23.2 Å². The molecule has 3 heteroatoms. The zero-order valence-electron chi connectivity index (χ0n) is 13.4. The summed E-state index contributed by atoms with van der Waals surface area (Å²) in [5.74, 6) is 0.919. The molecule has 4 aliphatic carbocycles. The summed E-state index contributed by atoms with van der Waals surface area (Å²) in [7, 11) is 0. The molecule has 0 aromatic carbocycles. The third kappa shape index (κ3) is 2.18. The Hall–Kier alpha value is -0.570. The molecule has 4 bridgehead atoms. The van der Waals surface area contributed by atoms with E-state index in [9.17, 15) is 9.90 Å². The van der Waals surface area contributed by atoms with Crippen molar-refractivity contribution >= 4 is 5.91 Å².